The van der Waals surface area contributed by atoms with Gasteiger partial charge in [0.2, 0.25) is 5.91 Å². The lowest BCUT2D eigenvalue weighted by Gasteiger charge is -2.17. The Balaban J connectivity index is 2.86. The van der Waals surface area contributed by atoms with E-state index in [1.54, 1.807) is 18.9 Å². The number of rotatable bonds is 4. The van der Waals surface area contributed by atoms with Crippen LogP contribution in [0.3, 0.4) is 0 Å². The molecule has 0 aliphatic carbocycles. The minimum Gasteiger partial charge on any atom is -0.496 e. The van der Waals surface area contributed by atoms with Gasteiger partial charge in [0.05, 0.1) is 7.11 Å². The number of benzene rings is 1. The van der Waals surface area contributed by atoms with E-state index >= 15 is 0 Å². The topological polar surface area (TPSA) is 29.5 Å². The molecule has 0 bridgehead atoms. The molecule has 1 amide bonds. The van der Waals surface area contributed by atoms with E-state index in [-0.39, 0.29) is 5.91 Å². The van der Waals surface area contributed by atoms with Gasteiger partial charge in [0.1, 0.15) is 5.75 Å². The molecule has 3 heteroatoms. The van der Waals surface area contributed by atoms with Crippen LogP contribution in [0.2, 0.25) is 0 Å². The second kappa shape index (κ2) is 5.71. The molecule has 0 unspecified atom stereocenters. The Kier molecular flexibility index (Phi) is 4.55. The van der Waals surface area contributed by atoms with Crippen LogP contribution in [0.1, 0.15) is 23.6 Å². The molecular weight excluding hydrogens is 214 g/mol. The first kappa shape index (κ1) is 13.6. The summed E-state index contributed by atoms with van der Waals surface area (Å²) in [5, 5.41) is 0. The summed E-state index contributed by atoms with van der Waals surface area (Å²) in [6, 6.07) is 4.23. The number of hydrogen-bond acceptors (Lipinski definition) is 2. The molecule has 0 saturated carbocycles. The molecule has 0 aliphatic heterocycles. The van der Waals surface area contributed by atoms with E-state index in [0.29, 0.717) is 6.54 Å². The summed E-state index contributed by atoms with van der Waals surface area (Å²) in [5.41, 5.74) is 3.54. The van der Waals surface area contributed by atoms with Crippen LogP contribution >= 0.6 is 0 Å². The number of ether oxygens (including phenoxy) is 1. The number of hydrogen-bond donors (Lipinski definition) is 0. The normalized spacial score (nSPS) is 10.2. The third-order valence-corrected chi connectivity index (χ3v) is 2.95. The number of nitrogens with zero attached hydrogens (tertiary/aromatic N) is 1. The highest BCUT2D eigenvalue weighted by Gasteiger charge is 2.09. The first-order chi connectivity index (χ1) is 7.95. The zero-order chi connectivity index (χ0) is 13.0. The highest BCUT2D eigenvalue weighted by atomic mass is 16.5. The molecule has 17 heavy (non-hydrogen) atoms. The number of carbonyl (C=O) groups excluding carboxylic acids is 1. The standard InChI is InChI=1S/C14H21NO2/c1-10-8-11(2)14(17-5)13(9-10)6-7-15(4)12(3)16/h8-9H,6-7H2,1-5H3. The summed E-state index contributed by atoms with van der Waals surface area (Å²) in [5.74, 6) is 1.03. The monoisotopic (exact) mass is 235 g/mol. The Morgan fingerprint density at radius 3 is 2.53 bits per heavy atom. The van der Waals surface area contributed by atoms with Gasteiger partial charge in [-0.05, 0) is 31.4 Å². The van der Waals surface area contributed by atoms with Crippen LogP contribution < -0.4 is 4.74 Å². The summed E-state index contributed by atoms with van der Waals surface area (Å²) in [6.07, 6.45) is 0.821. The molecule has 1 rings (SSSR count). The van der Waals surface area contributed by atoms with Crippen molar-refractivity contribution in [2.24, 2.45) is 0 Å². The molecule has 0 spiro atoms. The van der Waals surface area contributed by atoms with Crippen molar-refractivity contribution in [3.05, 3.63) is 28.8 Å². The number of likely N-dealkylation sites (N-methyl/N-ethyl adjacent to an activating group) is 1. The largest absolute Gasteiger partial charge is 0.496 e. The van der Waals surface area contributed by atoms with Gasteiger partial charge < -0.3 is 9.64 Å². The molecule has 0 atom stereocenters. The van der Waals surface area contributed by atoms with Crippen LogP contribution in [-0.2, 0) is 11.2 Å². The Bertz CT molecular complexity index is 413. The van der Waals surface area contributed by atoms with Gasteiger partial charge >= 0.3 is 0 Å². The van der Waals surface area contributed by atoms with Crippen LogP contribution in [0.5, 0.6) is 5.75 Å². The second-order valence-corrected chi connectivity index (χ2v) is 4.46. The Morgan fingerprint density at radius 1 is 1.35 bits per heavy atom. The van der Waals surface area contributed by atoms with Gasteiger partial charge in [-0.1, -0.05) is 17.7 Å². The minimum absolute atomic E-state index is 0.0911. The van der Waals surface area contributed by atoms with Crippen LogP contribution in [0, 0.1) is 13.8 Å². The fourth-order valence-electron chi connectivity index (χ4n) is 1.97. The predicted molar refractivity (Wildman–Crippen MR) is 69.5 cm³/mol. The fourth-order valence-corrected chi connectivity index (χ4v) is 1.97. The van der Waals surface area contributed by atoms with Crippen LogP contribution in [-0.4, -0.2) is 31.5 Å². The quantitative estimate of drug-likeness (QED) is 0.801. The van der Waals surface area contributed by atoms with Crippen LogP contribution in [0.15, 0.2) is 12.1 Å². The molecule has 0 radical (unpaired) electrons. The Morgan fingerprint density at radius 2 is 2.00 bits per heavy atom. The fraction of sp³-hybridized carbons (Fsp3) is 0.500. The van der Waals surface area contributed by atoms with E-state index in [2.05, 4.69) is 19.1 Å². The molecule has 0 fully saturated rings. The van der Waals surface area contributed by atoms with Crippen molar-refractivity contribution in [3.8, 4) is 5.75 Å². The molecule has 0 saturated heterocycles. The number of aryl methyl sites for hydroxylation is 2. The minimum atomic E-state index is 0.0911. The van der Waals surface area contributed by atoms with E-state index < -0.39 is 0 Å². The number of amides is 1. The number of carbonyl (C=O) groups is 1. The lowest BCUT2D eigenvalue weighted by atomic mass is 10.0. The van der Waals surface area contributed by atoms with E-state index in [4.69, 9.17) is 4.74 Å². The summed E-state index contributed by atoms with van der Waals surface area (Å²) in [4.78, 5) is 12.9. The summed E-state index contributed by atoms with van der Waals surface area (Å²) in [6.45, 7) is 6.42. The molecule has 3 nitrogen and oxygen atoms in total. The third kappa shape index (κ3) is 3.48. The highest BCUT2D eigenvalue weighted by molar-refractivity contribution is 5.72. The van der Waals surface area contributed by atoms with Crippen LogP contribution in [0.4, 0.5) is 0 Å². The maximum atomic E-state index is 11.1. The number of methoxy groups -OCH3 is 1. The SMILES string of the molecule is COc1c(C)cc(C)cc1CCN(C)C(C)=O. The van der Waals surface area contributed by atoms with Gasteiger partial charge in [0.15, 0.2) is 0 Å². The lowest BCUT2D eigenvalue weighted by molar-refractivity contribution is -0.127. The zero-order valence-electron chi connectivity index (χ0n) is 11.3. The first-order valence-electron chi connectivity index (χ1n) is 5.81. The predicted octanol–water partition coefficient (Wildman–Crippen LogP) is 2.33. The molecule has 0 N–H and O–H groups in total. The van der Waals surface area contributed by atoms with Crippen molar-refractivity contribution in [1.29, 1.82) is 0 Å². The van der Waals surface area contributed by atoms with Gasteiger partial charge in [-0.15, -0.1) is 0 Å². The molecule has 0 aliphatic rings. The van der Waals surface area contributed by atoms with Crippen molar-refractivity contribution in [2.45, 2.75) is 27.2 Å². The molecule has 1 aromatic rings. The summed E-state index contributed by atoms with van der Waals surface area (Å²) < 4.78 is 5.42. The average molecular weight is 235 g/mol. The van der Waals surface area contributed by atoms with E-state index in [1.165, 1.54) is 5.56 Å². The first-order valence-corrected chi connectivity index (χ1v) is 5.81. The van der Waals surface area contributed by atoms with Gasteiger partial charge in [-0.25, -0.2) is 0 Å². The van der Waals surface area contributed by atoms with Crippen molar-refractivity contribution in [1.82, 2.24) is 4.90 Å². The Hall–Kier alpha value is -1.51. The van der Waals surface area contributed by atoms with Gasteiger partial charge in [-0.3, -0.25) is 4.79 Å². The van der Waals surface area contributed by atoms with Crippen LogP contribution in [0.25, 0.3) is 0 Å². The molecule has 0 aromatic heterocycles. The van der Waals surface area contributed by atoms with E-state index in [1.807, 2.05) is 14.0 Å². The zero-order valence-corrected chi connectivity index (χ0v) is 11.3. The van der Waals surface area contributed by atoms with E-state index in [0.717, 1.165) is 23.3 Å². The molecule has 1 aromatic carbocycles. The van der Waals surface area contributed by atoms with E-state index in [9.17, 15) is 4.79 Å². The average Bonchev–Trinajstić information content (AvgIpc) is 2.24. The lowest BCUT2D eigenvalue weighted by Crippen LogP contribution is -2.26. The maximum Gasteiger partial charge on any atom is 0.219 e. The Labute approximate surface area is 103 Å². The van der Waals surface area contributed by atoms with Crippen molar-refractivity contribution >= 4 is 5.91 Å². The van der Waals surface area contributed by atoms with Crippen molar-refractivity contribution in [3.63, 3.8) is 0 Å². The van der Waals surface area contributed by atoms with Gasteiger partial charge in [0, 0.05) is 20.5 Å². The molecular formula is C14H21NO2. The third-order valence-electron chi connectivity index (χ3n) is 2.95. The van der Waals surface area contributed by atoms with Gasteiger partial charge in [-0.2, -0.15) is 0 Å². The maximum absolute atomic E-state index is 11.1. The smallest absolute Gasteiger partial charge is 0.219 e. The molecule has 94 valence electrons. The molecule has 0 heterocycles. The van der Waals surface area contributed by atoms with Crippen molar-refractivity contribution < 1.29 is 9.53 Å². The van der Waals surface area contributed by atoms with Crippen molar-refractivity contribution in [2.75, 3.05) is 20.7 Å². The summed E-state index contributed by atoms with van der Waals surface area (Å²) in [7, 11) is 3.51. The second-order valence-electron chi connectivity index (χ2n) is 4.46. The van der Waals surface area contributed by atoms with Gasteiger partial charge in [0.25, 0.3) is 0 Å². The highest BCUT2D eigenvalue weighted by Crippen LogP contribution is 2.25. The summed E-state index contributed by atoms with van der Waals surface area (Å²) >= 11 is 0.